The molecule has 0 unspecified atom stereocenters. The van der Waals surface area contributed by atoms with Gasteiger partial charge in [0.05, 0.1) is 25.7 Å². The summed E-state index contributed by atoms with van der Waals surface area (Å²) in [5, 5.41) is 10.7. The Labute approximate surface area is 148 Å². The third-order valence-electron chi connectivity index (χ3n) is 4.41. The molecule has 0 heterocycles. The number of rotatable bonds is 3. The molecular formula is C17H19BrO6. The van der Waals surface area contributed by atoms with E-state index in [0.717, 1.165) is 4.47 Å². The van der Waals surface area contributed by atoms with Crippen molar-refractivity contribution in [2.45, 2.75) is 24.9 Å². The minimum atomic E-state index is -1.62. The molecule has 1 fully saturated rings. The molecule has 130 valence electrons. The number of Topliss-reactive ketones (excluding diaryl/α,β-unsaturated/α-hetero) is 1. The summed E-state index contributed by atoms with van der Waals surface area (Å²) < 4.78 is 10.3. The molecule has 1 saturated carbocycles. The highest BCUT2D eigenvalue weighted by Gasteiger charge is 2.56. The second-order valence-corrected chi connectivity index (χ2v) is 7.00. The van der Waals surface area contributed by atoms with E-state index in [1.165, 1.54) is 21.1 Å². The molecule has 6 nitrogen and oxygen atoms in total. The van der Waals surface area contributed by atoms with Crippen LogP contribution in [-0.2, 0) is 23.9 Å². The van der Waals surface area contributed by atoms with Gasteiger partial charge in [-0.3, -0.25) is 14.4 Å². The maximum atomic E-state index is 12.5. The number of benzene rings is 1. The van der Waals surface area contributed by atoms with Crippen LogP contribution in [0.5, 0.6) is 0 Å². The summed E-state index contributed by atoms with van der Waals surface area (Å²) >= 11 is 3.34. The van der Waals surface area contributed by atoms with E-state index in [1.807, 2.05) is 0 Å². The molecule has 0 aromatic heterocycles. The van der Waals surface area contributed by atoms with Crippen molar-refractivity contribution in [3.63, 3.8) is 0 Å². The topological polar surface area (TPSA) is 89.9 Å². The lowest BCUT2D eigenvalue weighted by molar-refractivity contribution is -0.170. The lowest BCUT2D eigenvalue weighted by Crippen LogP contribution is -2.55. The number of hydrogen-bond acceptors (Lipinski definition) is 6. The van der Waals surface area contributed by atoms with Crippen molar-refractivity contribution < 1.29 is 29.0 Å². The van der Waals surface area contributed by atoms with E-state index < -0.39 is 41.1 Å². The Morgan fingerprint density at radius 3 is 2.42 bits per heavy atom. The Bertz CT molecular complexity index is 669. The molecular weight excluding hydrogens is 380 g/mol. The van der Waals surface area contributed by atoms with E-state index in [-0.39, 0.29) is 6.42 Å². The van der Waals surface area contributed by atoms with Crippen molar-refractivity contribution in [1.82, 2.24) is 0 Å². The van der Waals surface area contributed by atoms with Crippen LogP contribution in [0, 0.1) is 11.8 Å². The number of methoxy groups -OCH3 is 2. The largest absolute Gasteiger partial charge is 0.469 e. The van der Waals surface area contributed by atoms with Crippen LogP contribution in [0.15, 0.2) is 28.7 Å². The third-order valence-corrected chi connectivity index (χ3v) is 4.90. The number of ether oxygens (including phenoxy) is 2. The monoisotopic (exact) mass is 398 g/mol. The number of carbonyl (C=O) groups is 3. The molecule has 0 spiro atoms. The van der Waals surface area contributed by atoms with Gasteiger partial charge in [0, 0.05) is 16.8 Å². The van der Waals surface area contributed by atoms with Gasteiger partial charge in [0.25, 0.3) is 0 Å². The number of hydrogen-bond donors (Lipinski definition) is 1. The molecule has 1 aliphatic rings. The van der Waals surface area contributed by atoms with Gasteiger partial charge in [0.1, 0.15) is 5.92 Å². The Kier molecular flexibility index (Phi) is 5.45. The molecule has 2 rings (SSSR count). The lowest BCUT2D eigenvalue weighted by atomic mass is 9.62. The van der Waals surface area contributed by atoms with Crippen LogP contribution >= 0.6 is 15.9 Å². The maximum absolute atomic E-state index is 12.5. The highest BCUT2D eigenvalue weighted by molar-refractivity contribution is 9.10. The van der Waals surface area contributed by atoms with Crippen molar-refractivity contribution in [3.05, 3.63) is 34.3 Å². The van der Waals surface area contributed by atoms with Crippen LogP contribution in [0.1, 0.15) is 24.8 Å². The molecule has 1 aromatic carbocycles. The third kappa shape index (κ3) is 3.37. The van der Waals surface area contributed by atoms with Gasteiger partial charge >= 0.3 is 11.9 Å². The molecule has 1 aromatic rings. The number of halogens is 1. The van der Waals surface area contributed by atoms with Crippen LogP contribution < -0.4 is 0 Å². The van der Waals surface area contributed by atoms with Gasteiger partial charge in [0.15, 0.2) is 5.78 Å². The molecule has 0 amide bonds. The Morgan fingerprint density at radius 1 is 1.25 bits per heavy atom. The first-order valence-corrected chi connectivity index (χ1v) is 8.18. The summed E-state index contributed by atoms with van der Waals surface area (Å²) in [6.45, 7) is 1.41. The number of aliphatic hydroxyl groups is 1. The highest BCUT2D eigenvalue weighted by atomic mass is 79.9. The second kappa shape index (κ2) is 7.03. The molecule has 0 bridgehead atoms. The normalized spacial score (nSPS) is 29.9. The number of ketones is 1. The zero-order valence-electron chi connectivity index (χ0n) is 13.6. The van der Waals surface area contributed by atoms with Crippen molar-refractivity contribution >= 4 is 33.7 Å². The van der Waals surface area contributed by atoms with Gasteiger partial charge in [-0.1, -0.05) is 28.1 Å². The Morgan fingerprint density at radius 2 is 1.88 bits per heavy atom. The minimum absolute atomic E-state index is 0.322. The van der Waals surface area contributed by atoms with Crippen molar-refractivity contribution in [1.29, 1.82) is 0 Å². The summed E-state index contributed by atoms with van der Waals surface area (Å²) in [5.74, 6) is -4.98. The van der Waals surface area contributed by atoms with Crippen LogP contribution in [0.2, 0.25) is 0 Å². The average Bonchev–Trinajstić information content (AvgIpc) is 2.52. The SMILES string of the molecule is COC(=O)[C@@H]1C(=O)C[C@@](C)(O)[C@@H](C(=O)OC)[C@@H]1c1cccc(Br)c1. The van der Waals surface area contributed by atoms with Gasteiger partial charge in [0.2, 0.25) is 0 Å². The first kappa shape index (κ1) is 18.6. The highest BCUT2D eigenvalue weighted by Crippen LogP contribution is 2.46. The predicted octanol–water partition coefficient (Wildman–Crippen LogP) is 1.83. The quantitative estimate of drug-likeness (QED) is 0.616. The fraction of sp³-hybridized carbons (Fsp3) is 0.471. The van der Waals surface area contributed by atoms with Gasteiger partial charge < -0.3 is 14.6 Å². The standard InChI is InChI=1S/C17H19BrO6/c1-17(22)8-11(19)13(15(20)23-2)12(14(17)16(21)24-3)9-5-4-6-10(18)7-9/h4-7,12-14,22H,8H2,1-3H3/t12-,13-,14-,17-/m1/s1. The minimum Gasteiger partial charge on any atom is -0.469 e. The number of esters is 2. The van der Waals surface area contributed by atoms with E-state index in [4.69, 9.17) is 9.47 Å². The molecule has 7 heteroatoms. The smallest absolute Gasteiger partial charge is 0.316 e. The summed E-state index contributed by atoms with van der Waals surface area (Å²) in [5.41, 5.74) is -1.05. The fourth-order valence-corrected chi connectivity index (χ4v) is 3.80. The Hall–Kier alpha value is -1.73. The molecule has 4 atom stereocenters. The van der Waals surface area contributed by atoms with E-state index in [9.17, 15) is 19.5 Å². The summed E-state index contributed by atoms with van der Waals surface area (Å²) in [6.07, 6.45) is -0.322. The zero-order valence-corrected chi connectivity index (χ0v) is 15.2. The van der Waals surface area contributed by atoms with Crippen molar-refractivity contribution in [3.8, 4) is 0 Å². The maximum Gasteiger partial charge on any atom is 0.316 e. The molecule has 0 aliphatic heterocycles. The van der Waals surface area contributed by atoms with E-state index >= 15 is 0 Å². The average molecular weight is 399 g/mol. The lowest BCUT2D eigenvalue weighted by Gasteiger charge is -2.43. The zero-order chi connectivity index (χ0) is 18.1. The second-order valence-electron chi connectivity index (χ2n) is 6.08. The predicted molar refractivity (Wildman–Crippen MR) is 88.1 cm³/mol. The summed E-state index contributed by atoms with van der Waals surface area (Å²) in [4.78, 5) is 37.1. The van der Waals surface area contributed by atoms with E-state index in [1.54, 1.807) is 24.3 Å². The molecule has 24 heavy (non-hydrogen) atoms. The first-order valence-electron chi connectivity index (χ1n) is 7.39. The fourth-order valence-electron chi connectivity index (χ4n) is 3.38. The van der Waals surface area contributed by atoms with Gasteiger partial charge in [-0.2, -0.15) is 0 Å². The van der Waals surface area contributed by atoms with Crippen LogP contribution in [0.25, 0.3) is 0 Å². The summed E-state index contributed by atoms with van der Waals surface area (Å²) in [7, 11) is 2.40. The first-order chi connectivity index (χ1) is 11.2. The van der Waals surface area contributed by atoms with Crippen LogP contribution in [-0.4, -0.2) is 42.6 Å². The van der Waals surface area contributed by atoms with E-state index in [0.29, 0.717) is 5.56 Å². The molecule has 1 aliphatic carbocycles. The summed E-state index contributed by atoms with van der Waals surface area (Å²) in [6, 6.07) is 6.93. The van der Waals surface area contributed by atoms with Gasteiger partial charge in [-0.25, -0.2) is 0 Å². The van der Waals surface area contributed by atoms with E-state index in [2.05, 4.69) is 15.9 Å². The van der Waals surface area contributed by atoms with Crippen molar-refractivity contribution in [2.24, 2.45) is 11.8 Å². The van der Waals surface area contributed by atoms with Crippen LogP contribution in [0.4, 0.5) is 0 Å². The molecule has 1 N–H and O–H groups in total. The van der Waals surface area contributed by atoms with Crippen LogP contribution in [0.3, 0.4) is 0 Å². The number of carbonyl (C=O) groups excluding carboxylic acids is 3. The molecule has 0 radical (unpaired) electrons. The Balaban J connectivity index is 2.65. The van der Waals surface area contributed by atoms with Crippen molar-refractivity contribution in [2.75, 3.05) is 14.2 Å². The van der Waals surface area contributed by atoms with Gasteiger partial charge in [-0.05, 0) is 24.6 Å². The molecule has 0 saturated heterocycles. The van der Waals surface area contributed by atoms with Gasteiger partial charge in [-0.15, -0.1) is 0 Å².